The summed E-state index contributed by atoms with van der Waals surface area (Å²) >= 11 is 0. The van der Waals surface area contributed by atoms with Crippen molar-refractivity contribution in [1.29, 1.82) is 0 Å². The number of allylic oxidation sites excluding steroid dienone is 4. The van der Waals surface area contributed by atoms with E-state index in [9.17, 15) is 0 Å². The van der Waals surface area contributed by atoms with Gasteiger partial charge >= 0.3 is 0 Å². The smallest absolute Gasteiger partial charge is 0.118 e. The number of benzene rings is 1. The molecule has 1 rings (SSSR count). The van der Waals surface area contributed by atoms with Crippen molar-refractivity contribution >= 4 is 11.8 Å². The lowest BCUT2D eigenvalue weighted by atomic mass is 9.89. The van der Waals surface area contributed by atoms with Gasteiger partial charge in [-0.1, -0.05) is 63.1 Å². The molecule has 1 unspecified atom stereocenters. The van der Waals surface area contributed by atoms with E-state index in [1.807, 2.05) is 30.5 Å². The molecule has 0 amide bonds. The van der Waals surface area contributed by atoms with Crippen LogP contribution in [0.5, 0.6) is 5.75 Å². The molecule has 0 N–H and O–H groups in total. The van der Waals surface area contributed by atoms with E-state index in [4.69, 9.17) is 9.73 Å². The van der Waals surface area contributed by atoms with E-state index in [0.717, 1.165) is 31.4 Å². The lowest BCUT2D eigenvalue weighted by molar-refractivity contribution is 0.415. The van der Waals surface area contributed by atoms with E-state index in [1.54, 1.807) is 13.2 Å². The summed E-state index contributed by atoms with van der Waals surface area (Å²) < 4.78 is 5.29. The third-order valence-corrected chi connectivity index (χ3v) is 3.95. The molecule has 1 atom stereocenters. The highest BCUT2D eigenvalue weighted by Gasteiger charge is 2.15. The summed E-state index contributed by atoms with van der Waals surface area (Å²) in [5.41, 5.74) is 4.11. The minimum atomic E-state index is 0.126. The fourth-order valence-electron chi connectivity index (χ4n) is 2.89. The van der Waals surface area contributed by atoms with Gasteiger partial charge in [-0.3, -0.25) is 4.99 Å². The maximum absolute atomic E-state index is 5.29. The first-order valence-corrected chi connectivity index (χ1v) is 8.85. The number of aliphatic imine (C=N–C) groups is 1. The van der Waals surface area contributed by atoms with E-state index in [1.165, 1.54) is 16.7 Å². The molecule has 24 heavy (non-hydrogen) atoms. The van der Waals surface area contributed by atoms with Crippen molar-refractivity contribution in [2.24, 2.45) is 4.99 Å². The van der Waals surface area contributed by atoms with Crippen molar-refractivity contribution < 1.29 is 4.74 Å². The highest BCUT2D eigenvalue weighted by molar-refractivity contribution is 5.77. The molecular weight excluding hydrogens is 294 g/mol. The Morgan fingerprint density at radius 1 is 1.12 bits per heavy atom. The Kier molecular flexibility index (Phi) is 9.52. The average Bonchev–Trinajstić information content (AvgIpc) is 2.60. The standard InChI is InChI=1S/C22H31NO/c1-6-9-10-17-23-18(4)22(19(11-7-2)12-8-3)20-13-15-21(24-5)16-14-20/h6,9-10,13-18H,1,7-8,11-12H2,2-5H3/b10-9-,23-17?. The monoisotopic (exact) mass is 325 g/mol. The molecule has 1 aromatic carbocycles. The summed E-state index contributed by atoms with van der Waals surface area (Å²) in [7, 11) is 1.70. The zero-order chi connectivity index (χ0) is 17.8. The number of hydrogen-bond acceptors (Lipinski definition) is 2. The molecule has 0 aromatic heterocycles. The number of rotatable bonds is 10. The van der Waals surface area contributed by atoms with Gasteiger partial charge < -0.3 is 4.74 Å². The zero-order valence-corrected chi connectivity index (χ0v) is 15.6. The Morgan fingerprint density at radius 3 is 2.25 bits per heavy atom. The predicted octanol–water partition coefficient (Wildman–Crippen LogP) is 6.25. The van der Waals surface area contributed by atoms with Crippen LogP contribution >= 0.6 is 0 Å². The van der Waals surface area contributed by atoms with Gasteiger partial charge in [-0.25, -0.2) is 0 Å². The van der Waals surface area contributed by atoms with Crippen LogP contribution in [0.4, 0.5) is 0 Å². The second-order valence-electron chi connectivity index (χ2n) is 5.84. The van der Waals surface area contributed by atoms with E-state index in [0.29, 0.717) is 0 Å². The first-order chi connectivity index (χ1) is 11.7. The molecular formula is C22H31NO. The van der Waals surface area contributed by atoms with Crippen molar-refractivity contribution in [2.45, 2.75) is 52.5 Å². The maximum Gasteiger partial charge on any atom is 0.118 e. The number of ether oxygens (including phenoxy) is 1. The van der Waals surface area contributed by atoms with Crippen LogP contribution in [0.3, 0.4) is 0 Å². The maximum atomic E-state index is 5.29. The third-order valence-electron chi connectivity index (χ3n) is 3.95. The Hall–Kier alpha value is -2.09. The molecule has 0 bridgehead atoms. The van der Waals surface area contributed by atoms with E-state index < -0.39 is 0 Å². The molecule has 130 valence electrons. The van der Waals surface area contributed by atoms with Gasteiger partial charge in [0.25, 0.3) is 0 Å². The summed E-state index contributed by atoms with van der Waals surface area (Å²) in [6.45, 7) is 10.3. The van der Waals surface area contributed by atoms with Crippen molar-refractivity contribution in [3.05, 3.63) is 60.2 Å². The summed E-state index contributed by atoms with van der Waals surface area (Å²) in [6.07, 6.45) is 12.0. The van der Waals surface area contributed by atoms with Crippen molar-refractivity contribution in [3.8, 4) is 5.75 Å². The number of methoxy groups -OCH3 is 1. The molecule has 2 heteroatoms. The van der Waals surface area contributed by atoms with Gasteiger partial charge in [0, 0.05) is 6.21 Å². The fraction of sp³-hybridized carbons (Fsp3) is 0.409. The minimum absolute atomic E-state index is 0.126. The molecule has 0 fully saturated rings. The lowest BCUT2D eigenvalue weighted by Gasteiger charge is -2.19. The van der Waals surface area contributed by atoms with Crippen molar-refractivity contribution in [3.63, 3.8) is 0 Å². The van der Waals surface area contributed by atoms with Gasteiger partial charge in [0.1, 0.15) is 5.75 Å². The molecule has 0 saturated carbocycles. The van der Waals surface area contributed by atoms with Crippen LogP contribution in [0.15, 0.2) is 59.6 Å². The molecule has 1 aromatic rings. The molecule has 0 heterocycles. The van der Waals surface area contributed by atoms with Crippen LogP contribution < -0.4 is 4.74 Å². The van der Waals surface area contributed by atoms with Gasteiger partial charge in [-0.15, -0.1) is 0 Å². The van der Waals surface area contributed by atoms with Crippen LogP contribution in [-0.4, -0.2) is 19.4 Å². The Labute approximate surface area is 147 Å². The van der Waals surface area contributed by atoms with Gasteiger partial charge in [-0.2, -0.15) is 0 Å². The van der Waals surface area contributed by atoms with E-state index in [2.05, 4.69) is 39.5 Å². The lowest BCUT2D eigenvalue weighted by Crippen LogP contribution is -2.07. The van der Waals surface area contributed by atoms with Gasteiger partial charge in [0.2, 0.25) is 0 Å². The summed E-state index contributed by atoms with van der Waals surface area (Å²) in [4.78, 5) is 4.72. The molecule has 0 aliphatic carbocycles. The average molecular weight is 325 g/mol. The first-order valence-electron chi connectivity index (χ1n) is 8.85. The molecule has 0 saturated heterocycles. The van der Waals surface area contributed by atoms with Crippen LogP contribution in [0.25, 0.3) is 5.57 Å². The Bertz CT molecular complexity index is 570. The Morgan fingerprint density at radius 2 is 1.75 bits per heavy atom. The number of nitrogens with zero attached hydrogens (tertiary/aromatic N) is 1. The molecule has 0 aliphatic rings. The topological polar surface area (TPSA) is 21.6 Å². The second-order valence-corrected chi connectivity index (χ2v) is 5.84. The van der Waals surface area contributed by atoms with Gasteiger partial charge in [0.05, 0.1) is 13.2 Å². The normalized spacial score (nSPS) is 12.5. The SMILES string of the molecule is C=C/C=C\C=NC(C)C(=C(CCC)CCC)c1ccc(OC)cc1. The van der Waals surface area contributed by atoms with Crippen LogP contribution in [0, 0.1) is 0 Å². The van der Waals surface area contributed by atoms with Crippen molar-refractivity contribution in [2.75, 3.05) is 7.11 Å². The van der Waals surface area contributed by atoms with E-state index in [-0.39, 0.29) is 6.04 Å². The Balaban J connectivity index is 3.27. The van der Waals surface area contributed by atoms with Crippen LogP contribution in [0.1, 0.15) is 52.0 Å². The third kappa shape index (κ3) is 6.19. The first kappa shape index (κ1) is 20.0. The summed E-state index contributed by atoms with van der Waals surface area (Å²) in [5, 5.41) is 0. The highest BCUT2D eigenvalue weighted by atomic mass is 16.5. The van der Waals surface area contributed by atoms with Crippen LogP contribution in [0.2, 0.25) is 0 Å². The second kappa shape index (κ2) is 11.4. The molecule has 0 aliphatic heterocycles. The van der Waals surface area contributed by atoms with Crippen LogP contribution in [-0.2, 0) is 0 Å². The fourth-order valence-corrected chi connectivity index (χ4v) is 2.89. The molecule has 0 spiro atoms. The summed E-state index contributed by atoms with van der Waals surface area (Å²) in [5.74, 6) is 0.885. The predicted molar refractivity (Wildman–Crippen MR) is 107 cm³/mol. The molecule has 0 radical (unpaired) electrons. The quantitative estimate of drug-likeness (QED) is 0.368. The van der Waals surface area contributed by atoms with Gasteiger partial charge in [-0.05, 0) is 49.1 Å². The van der Waals surface area contributed by atoms with Crippen molar-refractivity contribution in [1.82, 2.24) is 0 Å². The zero-order valence-electron chi connectivity index (χ0n) is 15.6. The number of hydrogen-bond donors (Lipinski definition) is 0. The highest BCUT2D eigenvalue weighted by Crippen LogP contribution is 2.31. The largest absolute Gasteiger partial charge is 0.497 e. The minimum Gasteiger partial charge on any atom is -0.497 e. The molecule has 2 nitrogen and oxygen atoms in total. The van der Waals surface area contributed by atoms with Gasteiger partial charge in [0.15, 0.2) is 0 Å². The summed E-state index contributed by atoms with van der Waals surface area (Å²) in [6, 6.07) is 8.47. The van der Waals surface area contributed by atoms with E-state index >= 15 is 0 Å².